The molecule has 2 atom stereocenters. The minimum absolute atomic E-state index is 0.114. The maximum Gasteiger partial charge on any atom is 0.411 e. The molecule has 9 heteroatoms. The number of carbonyl (C=O) groups excluding carboxylic acids is 2. The van der Waals surface area contributed by atoms with E-state index in [9.17, 15) is 14.0 Å². The molecule has 8 nitrogen and oxygen atoms in total. The third-order valence-electron chi connectivity index (χ3n) is 4.96. The van der Waals surface area contributed by atoms with Crippen LogP contribution in [0.3, 0.4) is 0 Å². The van der Waals surface area contributed by atoms with Crippen molar-refractivity contribution in [1.29, 1.82) is 0 Å². The number of amides is 3. The molecule has 0 unspecified atom stereocenters. The Kier molecular flexibility index (Phi) is 5.87. The lowest BCUT2D eigenvalue weighted by molar-refractivity contribution is 0.0779. The van der Waals surface area contributed by atoms with E-state index in [1.807, 2.05) is 0 Å². The Hall–Kier alpha value is -3.49. The van der Waals surface area contributed by atoms with E-state index in [2.05, 4.69) is 16.0 Å². The van der Waals surface area contributed by atoms with Gasteiger partial charge in [0, 0.05) is 29.9 Å². The van der Waals surface area contributed by atoms with Crippen LogP contribution in [0.1, 0.15) is 25.7 Å². The summed E-state index contributed by atoms with van der Waals surface area (Å²) < 4.78 is 29.0. The van der Waals surface area contributed by atoms with Gasteiger partial charge >= 0.3 is 12.1 Å². The highest BCUT2D eigenvalue weighted by molar-refractivity contribution is 5.90. The zero-order valence-corrected chi connectivity index (χ0v) is 16.2. The minimum atomic E-state index is -0.600. The second-order valence-electron chi connectivity index (χ2n) is 7.19. The summed E-state index contributed by atoms with van der Waals surface area (Å²) in [6.45, 7) is 0.170. The quantitative estimate of drug-likeness (QED) is 0.694. The second kappa shape index (κ2) is 8.89. The maximum absolute atomic E-state index is 12.9. The van der Waals surface area contributed by atoms with Crippen molar-refractivity contribution >= 4 is 23.5 Å². The summed E-state index contributed by atoms with van der Waals surface area (Å²) >= 11 is 0. The number of anilines is 2. The summed E-state index contributed by atoms with van der Waals surface area (Å²) in [6, 6.07) is 10.2. The van der Waals surface area contributed by atoms with Gasteiger partial charge in [0.2, 0.25) is 6.79 Å². The van der Waals surface area contributed by atoms with Crippen molar-refractivity contribution in [2.24, 2.45) is 0 Å². The first-order chi connectivity index (χ1) is 14.5. The number of fused-ring (bicyclic) bond motifs is 1. The van der Waals surface area contributed by atoms with Gasteiger partial charge in [-0.05, 0) is 55.7 Å². The van der Waals surface area contributed by atoms with Crippen LogP contribution in [0.15, 0.2) is 42.5 Å². The van der Waals surface area contributed by atoms with Crippen LogP contribution < -0.4 is 25.4 Å². The third-order valence-corrected chi connectivity index (χ3v) is 4.96. The van der Waals surface area contributed by atoms with E-state index in [-0.39, 0.29) is 30.8 Å². The lowest BCUT2D eigenvalue weighted by atomic mass is 9.93. The monoisotopic (exact) mass is 415 g/mol. The largest absolute Gasteiger partial charge is 0.454 e. The molecule has 1 heterocycles. The van der Waals surface area contributed by atoms with Crippen LogP contribution in [0, 0.1) is 5.82 Å². The molecule has 1 fully saturated rings. The third kappa shape index (κ3) is 5.11. The van der Waals surface area contributed by atoms with Crippen molar-refractivity contribution in [2.75, 3.05) is 17.4 Å². The van der Waals surface area contributed by atoms with Crippen LogP contribution in [0.5, 0.6) is 11.5 Å². The van der Waals surface area contributed by atoms with Gasteiger partial charge in [-0.25, -0.2) is 14.0 Å². The van der Waals surface area contributed by atoms with Gasteiger partial charge < -0.3 is 24.8 Å². The molecule has 158 valence electrons. The fourth-order valence-electron chi connectivity index (χ4n) is 3.54. The SMILES string of the molecule is O=C(Nc1ccc2c(c1)OCO2)N[C@H]1CCC[C@H](OC(=O)Nc2ccc(F)cc2)C1. The van der Waals surface area contributed by atoms with Crippen molar-refractivity contribution in [3.63, 3.8) is 0 Å². The molecule has 3 N–H and O–H groups in total. The molecule has 1 saturated carbocycles. The summed E-state index contributed by atoms with van der Waals surface area (Å²) in [6.07, 6.45) is 1.95. The molecule has 0 radical (unpaired) electrons. The number of rotatable bonds is 4. The number of hydrogen-bond acceptors (Lipinski definition) is 5. The smallest absolute Gasteiger partial charge is 0.411 e. The molecule has 2 aromatic carbocycles. The summed E-state index contributed by atoms with van der Waals surface area (Å²) in [5.41, 5.74) is 1.05. The first-order valence-electron chi connectivity index (χ1n) is 9.75. The molecule has 0 bridgehead atoms. The standard InChI is InChI=1S/C21H22FN3O5/c22-13-4-6-14(7-5-13)25-21(27)30-17-3-1-2-15(10-17)23-20(26)24-16-8-9-18-19(11-16)29-12-28-18/h4-9,11,15,17H,1-3,10,12H2,(H,25,27)(H2,23,24,26)/t15-,17-/m0/s1. The Morgan fingerprint density at radius 2 is 1.73 bits per heavy atom. The number of halogens is 1. The lowest BCUT2D eigenvalue weighted by Gasteiger charge is -2.29. The zero-order chi connectivity index (χ0) is 20.9. The Bertz CT molecular complexity index is 921. The van der Waals surface area contributed by atoms with Gasteiger partial charge in [0.25, 0.3) is 0 Å². The van der Waals surface area contributed by atoms with Crippen LogP contribution in [-0.2, 0) is 4.74 Å². The van der Waals surface area contributed by atoms with E-state index >= 15 is 0 Å². The van der Waals surface area contributed by atoms with E-state index in [0.717, 1.165) is 19.3 Å². The number of hydrogen-bond donors (Lipinski definition) is 3. The number of carbonyl (C=O) groups is 2. The Morgan fingerprint density at radius 1 is 0.967 bits per heavy atom. The first-order valence-corrected chi connectivity index (χ1v) is 9.75. The van der Waals surface area contributed by atoms with E-state index in [1.54, 1.807) is 18.2 Å². The number of benzene rings is 2. The van der Waals surface area contributed by atoms with Crippen LogP contribution in [0.25, 0.3) is 0 Å². The molecule has 1 aliphatic carbocycles. The topological polar surface area (TPSA) is 97.9 Å². The summed E-state index contributed by atoms with van der Waals surface area (Å²) in [5.74, 6) is 0.854. The van der Waals surface area contributed by atoms with Gasteiger partial charge in [-0.2, -0.15) is 0 Å². The zero-order valence-electron chi connectivity index (χ0n) is 16.2. The first kappa shape index (κ1) is 19.8. The number of ether oxygens (including phenoxy) is 3. The number of urea groups is 1. The molecule has 0 aromatic heterocycles. The van der Waals surface area contributed by atoms with Gasteiger partial charge in [0.1, 0.15) is 11.9 Å². The average Bonchev–Trinajstić information content (AvgIpc) is 3.18. The van der Waals surface area contributed by atoms with Crippen molar-refractivity contribution in [1.82, 2.24) is 5.32 Å². The minimum Gasteiger partial charge on any atom is -0.454 e. The highest BCUT2D eigenvalue weighted by Crippen LogP contribution is 2.34. The normalized spacial score (nSPS) is 19.6. The van der Waals surface area contributed by atoms with Gasteiger partial charge in [0.05, 0.1) is 0 Å². The predicted molar refractivity (Wildman–Crippen MR) is 107 cm³/mol. The highest BCUT2D eigenvalue weighted by atomic mass is 19.1. The highest BCUT2D eigenvalue weighted by Gasteiger charge is 2.26. The fraction of sp³-hybridized carbons (Fsp3) is 0.333. The second-order valence-corrected chi connectivity index (χ2v) is 7.19. The van der Waals surface area contributed by atoms with Gasteiger partial charge in [-0.1, -0.05) is 0 Å². The molecule has 0 saturated heterocycles. The Morgan fingerprint density at radius 3 is 2.57 bits per heavy atom. The predicted octanol–water partition coefficient (Wildman–Crippen LogP) is 4.24. The Labute approximate surface area is 172 Å². The van der Waals surface area contributed by atoms with E-state index in [0.29, 0.717) is 29.3 Å². The summed E-state index contributed by atoms with van der Waals surface area (Å²) in [7, 11) is 0. The van der Waals surface area contributed by atoms with Crippen molar-refractivity contribution < 1.29 is 28.2 Å². The van der Waals surface area contributed by atoms with Crippen molar-refractivity contribution in [2.45, 2.75) is 37.8 Å². The summed E-state index contributed by atoms with van der Waals surface area (Å²) in [4.78, 5) is 24.4. The van der Waals surface area contributed by atoms with Gasteiger partial charge in [-0.15, -0.1) is 0 Å². The van der Waals surface area contributed by atoms with E-state index < -0.39 is 6.09 Å². The molecule has 3 amide bonds. The van der Waals surface area contributed by atoms with Crippen LogP contribution in [0.4, 0.5) is 25.4 Å². The van der Waals surface area contributed by atoms with E-state index in [4.69, 9.17) is 14.2 Å². The van der Waals surface area contributed by atoms with Gasteiger partial charge in [-0.3, -0.25) is 5.32 Å². The molecular weight excluding hydrogens is 393 g/mol. The molecule has 30 heavy (non-hydrogen) atoms. The van der Waals surface area contributed by atoms with Crippen LogP contribution in [-0.4, -0.2) is 31.1 Å². The summed E-state index contributed by atoms with van der Waals surface area (Å²) in [5, 5.41) is 8.27. The van der Waals surface area contributed by atoms with Gasteiger partial charge in [0.15, 0.2) is 11.5 Å². The maximum atomic E-state index is 12.9. The Balaban J connectivity index is 1.24. The van der Waals surface area contributed by atoms with E-state index in [1.165, 1.54) is 24.3 Å². The molecule has 2 aliphatic rings. The van der Waals surface area contributed by atoms with Crippen molar-refractivity contribution in [3.8, 4) is 11.5 Å². The van der Waals surface area contributed by atoms with Crippen LogP contribution >= 0.6 is 0 Å². The lowest BCUT2D eigenvalue weighted by Crippen LogP contribution is -2.43. The van der Waals surface area contributed by atoms with Crippen molar-refractivity contribution in [3.05, 3.63) is 48.3 Å². The van der Waals surface area contributed by atoms with Crippen LogP contribution in [0.2, 0.25) is 0 Å². The fourth-order valence-corrected chi connectivity index (χ4v) is 3.54. The molecule has 0 spiro atoms. The number of nitrogens with one attached hydrogen (secondary N) is 3. The molecule has 1 aliphatic heterocycles. The molecular formula is C21H22FN3O5. The molecule has 4 rings (SSSR count). The average molecular weight is 415 g/mol. The molecule has 2 aromatic rings.